The molecule has 2 amide bonds. The van der Waals surface area contributed by atoms with E-state index in [1.807, 2.05) is 12.2 Å². The van der Waals surface area contributed by atoms with Crippen molar-refractivity contribution in [3.8, 4) is 5.75 Å². The van der Waals surface area contributed by atoms with Crippen LogP contribution < -0.4 is 9.64 Å². The third-order valence-electron chi connectivity index (χ3n) is 6.75. The Labute approximate surface area is 239 Å². The number of amides is 2. The van der Waals surface area contributed by atoms with Crippen LogP contribution in [-0.2, 0) is 14.3 Å². The van der Waals surface area contributed by atoms with Crippen molar-refractivity contribution in [2.45, 2.75) is 12.8 Å². The van der Waals surface area contributed by atoms with Gasteiger partial charge in [-0.15, -0.1) is 0 Å². The summed E-state index contributed by atoms with van der Waals surface area (Å²) >= 11 is 11.8. The van der Waals surface area contributed by atoms with E-state index in [1.165, 1.54) is 54.6 Å². The van der Waals surface area contributed by atoms with Crippen LogP contribution in [0.2, 0.25) is 10.0 Å². The molecule has 5 rings (SSSR count). The van der Waals surface area contributed by atoms with Gasteiger partial charge in [-0.25, -0.2) is 14.5 Å². The van der Waals surface area contributed by atoms with Gasteiger partial charge in [0.25, 0.3) is 0 Å². The van der Waals surface area contributed by atoms with E-state index in [4.69, 9.17) is 32.7 Å². The molecular formula is C30H21Cl2NO7. The molecule has 202 valence electrons. The number of hydrogen-bond donors (Lipinski definition) is 0. The number of allylic oxidation sites excluding steroid dienone is 2. The number of nitrogens with zero attached hydrogens (tertiary/aromatic N) is 1. The highest BCUT2D eigenvalue weighted by molar-refractivity contribution is 6.42. The molecule has 0 aromatic heterocycles. The molecule has 2 aliphatic rings. The number of Topliss-reactive ketones (excluding diaryl/α,β-unsaturated/α-hetero) is 1. The summed E-state index contributed by atoms with van der Waals surface area (Å²) in [6.45, 7) is -0.577. The number of carbonyl (C=O) groups excluding carboxylic acids is 5. The molecule has 1 heterocycles. The number of ketones is 1. The third-order valence-corrected chi connectivity index (χ3v) is 7.49. The lowest BCUT2D eigenvalue weighted by Crippen LogP contribution is -2.32. The van der Waals surface area contributed by atoms with Crippen LogP contribution >= 0.6 is 23.2 Å². The van der Waals surface area contributed by atoms with E-state index >= 15 is 0 Å². The lowest BCUT2D eigenvalue weighted by atomic mass is 9.85. The Kier molecular flexibility index (Phi) is 7.82. The fraction of sp³-hybridized carbons (Fsp3) is 0.167. The first kappa shape index (κ1) is 27.3. The fourth-order valence-electron chi connectivity index (χ4n) is 4.67. The minimum Gasteiger partial charge on any atom is -0.454 e. The van der Waals surface area contributed by atoms with Gasteiger partial charge in [-0.3, -0.25) is 14.4 Å². The average molecular weight is 578 g/mol. The number of esters is 2. The number of halogens is 2. The van der Waals surface area contributed by atoms with Crippen LogP contribution in [0.1, 0.15) is 43.9 Å². The zero-order chi connectivity index (χ0) is 28.4. The van der Waals surface area contributed by atoms with Crippen LogP contribution in [-0.4, -0.2) is 36.1 Å². The van der Waals surface area contributed by atoms with E-state index in [0.717, 1.165) is 4.90 Å². The number of anilines is 1. The van der Waals surface area contributed by atoms with Gasteiger partial charge >= 0.3 is 11.9 Å². The molecule has 8 nitrogen and oxygen atoms in total. The second-order valence-corrected chi connectivity index (χ2v) is 10.0. The molecule has 0 radical (unpaired) electrons. The van der Waals surface area contributed by atoms with Gasteiger partial charge in [-0.1, -0.05) is 47.5 Å². The van der Waals surface area contributed by atoms with Crippen LogP contribution in [0.3, 0.4) is 0 Å². The van der Waals surface area contributed by atoms with Crippen molar-refractivity contribution in [3.63, 3.8) is 0 Å². The minimum atomic E-state index is -0.843. The maximum atomic E-state index is 13.0. The number of para-hydroxylation sites is 1. The summed E-state index contributed by atoms with van der Waals surface area (Å²) in [4.78, 5) is 65.0. The number of fused-ring (bicyclic) bond motifs is 1. The Morgan fingerprint density at radius 3 is 2.05 bits per heavy atom. The Bertz CT molecular complexity index is 1540. The topological polar surface area (TPSA) is 107 Å². The molecule has 1 aliphatic carbocycles. The van der Waals surface area contributed by atoms with E-state index in [0.29, 0.717) is 17.9 Å². The van der Waals surface area contributed by atoms with Crippen molar-refractivity contribution in [1.29, 1.82) is 0 Å². The first-order valence-electron chi connectivity index (χ1n) is 12.3. The standard InChI is InChI=1S/C30H21Cl2NO7/c31-23-14-11-18(15-24(23)32)29(37)40-19-12-9-17(10-13-19)26(34)16-39-30(38)22-7-3-4-8-25(22)33-27(35)20-5-1-2-6-21(20)28(33)36/h1-4,7-15,20-21H,5-6,16H2. The zero-order valence-corrected chi connectivity index (χ0v) is 22.4. The lowest BCUT2D eigenvalue weighted by Gasteiger charge is -2.18. The maximum absolute atomic E-state index is 13.0. The second-order valence-electron chi connectivity index (χ2n) is 9.23. The van der Waals surface area contributed by atoms with Gasteiger partial charge in [0.15, 0.2) is 12.4 Å². The monoisotopic (exact) mass is 577 g/mol. The molecule has 1 aliphatic heterocycles. The minimum absolute atomic E-state index is 0.00756. The third kappa shape index (κ3) is 5.41. The number of ether oxygens (including phenoxy) is 2. The molecule has 0 bridgehead atoms. The molecular weight excluding hydrogens is 557 g/mol. The quantitative estimate of drug-likeness (QED) is 0.116. The predicted molar refractivity (Wildman–Crippen MR) is 147 cm³/mol. The van der Waals surface area contributed by atoms with Crippen molar-refractivity contribution in [1.82, 2.24) is 0 Å². The van der Waals surface area contributed by atoms with Gasteiger partial charge in [0.05, 0.1) is 38.7 Å². The highest BCUT2D eigenvalue weighted by Gasteiger charge is 2.48. The van der Waals surface area contributed by atoms with Crippen LogP contribution in [0.15, 0.2) is 78.9 Å². The molecule has 40 heavy (non-hydrogen) atoms. The number of benzene rings is 3. The zero-order valence-electron chi connectivity index (χ0n) is 20.8. The molecule has 2 unspecified atom stereocenters. The van der Waals surface area contributed by atoms with Gasteiger partial charge in [0, 0.05) is 5.56 Å². The molecule has 3 aromatic carbocycles. The molecule has 2 atom stereocenters. The van der Waals surface area contributed by atoms with E-state index in [1.54, 1.807) is 12.1 Å². The smallest absolute Gasteiger partial charge is 0.343 e. The highest BCUT2D eigenvalue weighted by atomic mass is 35.5. The fourth-order valence-corrected chi connectivity index (χ4v) is 4.97. The average Bonchev–Trinajstić information content (AvgIpc) is 3.22. The molecule has 0 saturated carbocycles. The van der Waals surface area contributed by atoms with Crippen molar-refractivity contribution < 1.29 is 33.4 Å². The van der Waals surface area contributed by atoms with Gasteiger partial charge in [0.2, 0.25) is 11.8 Å². The Morgan fingerprint density at radius 1 is 0.775 bits per heavy atom. The number of imide groups is 1. The van der Waals surface area contributed by atoms with Crippen molar-refractivity contribution in [2.75, 3.05) is 11.5 Å². The molecule has 0 spiro atoms. The number of rotatable bonds is 7. The molecule has 10 heteroatoms. The van der Waals surface area contributed by atoms with Crippen molar-refractivity contribution >= 4 is 58.4 Å². The Balaban J connectivity index is 1.22. The van der Waals surface area contributed by atoms with Crippen LogP contribution in [0, 0.1) is 11.8 Å². The van der Waals surface area contributed by atoms with Gasteiger partial charge in [-0.2, -0.15) is 0 Å². The van der Waals surface area contributed by atoms with Crippen molar-refractivity contribution in [3.05, 3.63) is 106 Å². The predicted octanol–water partition coefficient (Wildman–Crippen LogP) is 5.71. The number of hydrogen-bond acceptors (Lipinski definition) is 7. The van der Waals surface area contributed by atoms with Gasteiger partial charge in [-0.05, 0) is 67.4 Å². The summed E-state index contributed by atoms with van der Waals surface area (Å²) < 4.78 is 10.5. The van der Waals surface area contributed by atoms with Crippen LogP contribution in [0.25, 0.3) is 0 Å². The summed E-state index contributed by atoms with van der Waals surface area (Å²) in [6, 6.07) is 16.2. The summed E-state index contributed by atoms with van der Waals surface area (Å²) in [5.74, 6) is -3.41. The molecule has 3 aromatic rings. The Morgan fingerprint density at radius 2 is 1.40 bits per heavy atom. The molecule has 0 N–H and O–H groups in total. The maximum Gasteiger partial charge on any atom is 0.343 e. The van der Waals surface area contributed by atoms with Gasteiger partial charge in [0.1, 0.15) is 5.75 Å². The Hall–Kier alpha value is -4.27. The SMILES string of the molecule is O=C(COC(=O)c1ccccc1N1C(=O)C2CC=CCC2C1=O)c1ccc(OC(=O)c2ccc(Cl)c(Cl)c2)cc1. The summed E-state index contributed by atoms with van der Waals surface area (Å²) in [7, 11) is 0. The molecule has 1 fully saturated rings. The second kappa shape index (κ2) is 11.5. The largest absolute Gasteiger partial charge is 0.454 e. The summed E-state index contributed by atoms with van der Waals surface area (Å²) in [5.41, 5.74) is 0.567. The van der Waals surface area contributed by atoms with Crippen LogP contribution in [0.4, 0.5) is 5.69 Å². The normalized spacial score (nSPS) is 17.9. The summed E-state index contributed by atoms with van der Waals surface area (Å²) in [6.07, 6.45) is 4.71. The van der Waals surface area contributed by atoms with E-state index in [9.17, 15) is 24.0 Å². The van der Waals surface area contributed by atoms with Gasteiger partial charge < -0.3 is 9.47 Å². The first-order chi connectivity index (χ1) is 19.2. The molecule has 1 saturated heterocycles. The van der Waals surface area contributed by atoms with Crippen LogP contribution in [0.5, 0.6) is 5.75 Å². The first-order valence-corrected chi connectivity index (χ1v) is 13.1. The number of carbonyl (C=O) groups is 5. The van der Waals surface area contributed by atoms with Crippen molar-refractivity contribution in [2.24, 2.45) is 11.8 Å². The van der Waals surface area contributed by atoms with E-state index in [-0.39, 0.29) is 45.0 Å². The highest BCUT2D eigenvalue weighted by Crippen LogP contribution is 2.38. The lowest BCUT2D eigenvalue weighted by molar-refractivity contribution is -0.122. The summed E-state index contributed by atoms with van der Waals surface area (Å²) in [5, 5.41) is 0.515. The van der Waals surface area contributed by atoms with E-state index in [2.05, 4.69) is 0 Å². The van der Waals surface area contributed by atoms with E-state index < -0.39 is 36.2 Å².